The van der Waals surface area contributed by atoms with Gasteiger partial charge in [0, 0.05) is 12.1 Å². The fraction of sp³-hybridized carbons (Fsp3) is 0.600. The molecule has 3 aromatic rings. The highest BCUT2D eigenvalue weighted by atomic mass is 16.4. The number of benzene rings is 2. The molecule has 8 nitrogen and oxygen atoms in total. The second-order valence-electron chi connectivity index (χ2n) is 18.9. The first-order valence-corrected chi connectivity index (χ1v) is 19.7. The van der Waals surface area contributed by atoms with E-state index in [0.717, 1.165) is 44.6 Å². The number of fused-ring (bicyclic) bond motifs is 8. The van der Waals surface area contributed by atoms with Crippen molar-refractivity contribution in [3.63, 3.8) is 0 Å². The highest BCUT2D eigenvalue weighted by Crippen LogP contribution is 2.77. The summed E-state index contributed by atoms with van der Waals surface area (Å²) in [6.07, 6.45) is 11.7. The summed E-state index contributed by atoms with van der Waals surface area (Å²) in [5, 5.41) is 49.8. The summed E-state index contributed by atoms with van der Waals surface area (Å²) in [4.78, 5) is 25.1. The molecular formula is C45H58O8. The van der Waals surface area contributed by atoms with Gasteiger partial charge in [0.15, 0.2) is 0 Å². The Morgan fingerprint density at radius 1 is 0.811 bits per heavy atom. The molecule has 286 valence electrons. The van der Waals surface area contributed by atoms with Crippen molar-refractivity contribution in [1.29, 1.82) is 0 Å². The maximum Gasteiger partial charge on any atom is 0.309 e. The van der Waals surface area contributed by atoms with Gasteiger partial charge in [-0.1, -0.05) is 58.9 Å². The summed E-state index contributed by atoms with van der Waals surface area (Å²) in [6, 6.07) is 8.40. The average molecular weight is 727 g/mol. The molecule has 1 aromatic heterocycles. The highest BCUT2D eigenvalue weighted by Gasteiger charge is 2.72. The number of aliphatic hydroxyl groups is 1. The SMILES string of the molecule is C=C(C)[C@@H]1CC[C@]2(C(=O)O)CC[C@]3(C)[C@H](CC[C@@H]4[C@@]5(C)CC[C@H](O)C(C)(C)[C@@H]5CC[C@]43C)[C@@H]12.O=c1c(-c2ccc(O)cc2)coc2cc(O)cc(O)c12. The third-order valence-corrected chi connectivity index (χ3v) is 16.5. The van der Waals surface area contributed by atoms with Crippen LogP contribution in [0, 0.1) is 56.7 Å². The van der Waals surface area contributed by atoms with Crippen molar-refractivity contribution < 1.29 is 34.7 Å². The standard InChI is InChI=1S/C30H48O3.C15H10O5/c1-18(2)19-10-15-30(25(32)33)17-16-28(6)20(24(19)30)8-9-22-27(5)13-12-23(31)26(3,4)21(27)11-14-29(22,28)7;16-9-3-1-8(2-4-9)11-7-20-13-6-10(17)5-12(18)14(13)15(11)19/h19-24,31H,1,8-17H2,2-7H3,(H,32,33);1-7,16-18H/t19-,20+,21-,22+,23-,24+,27-,28+,29+,30-;/m0./s1. The van der Waals surface area contributed by atoms with Gasteiger partial charge in [0.1, 0.15) is 34.5 Å². The van der Waals surface area contributed by atoms with E-state index in [1.165, 1.54) is 55.7 Å². The van der Waals surface area contributed by atoms with Gasteiger partial charge in [0.05, 0.1) is 17.1 Å². The number of allylic oxidation sites excluding steroid dienone is 1. The van der Waals surface area contributed by atoms with Crippen LogP contribution in [0.5, 0.6) is 17.2 Å². The van der Waals surface area contributed by atoms with Crippen molar-refractivity contribution in [2.45, 2.75) is 112 Å². The summed E-state index contributed by atoms with van der Waals surface area (Å²) in [5.41, 5.74) is 1.88. The third-order valence-electron chi connectivity index (χ3n) is 16.5. The van der Waals surface area contributed by atoms with Crippen LogP contribution in [0.4, 0.5) is 0 Å². The molecule has 0 aliphatic heterocycles. The number of phenolic OH excluding ortho intramolecular Hbond substituents is 3. The van der Waals surface area contributed by atoms with E-state index in [2.05, 4.69) is 48.1 Å². The van der Waals surface area contributed by atoms with Crippen molar-refractivity contribution in [3.8, 4) is 28.4 Å². The van der Waals surface area contributed by atoms with Crippen LogP contribution < -0.4 is 5.43 Å². The van der Waals surface area contributed by atoms with Crippen LogP contribution in [0.1, 0.15) is 106 Å². The van der Waals surface area contributed by atoms with Crippen LogP contribution in [0.15, 0.2) is 64.0 Å². The topological polar surface area (TPSA) is 148 Å². The van der Waals surface area contributed by atoms with Crippen molar-refractivity contribution in [2.75, 3.05) is 0 Å². The molecule has 0 bridgehead atoms. The summed E-state index contributed by atoms with van der Waals surface area (Å²) in [7, 11) is 0. The number of phenols is 3. The van der Waals surface area contributed by atoms with Crippen molar-refractivity contribution in [3.05, 3.63) is 65.0 Å². The van der Waals surface area contributed by atoms with Gasteiger partial charge in [-0.15, -0.1) is 0 Å². The Labute approximate surface area is 313 Å². The third kappa shape index (κ3) is 5.39. The van der Waals surface area contributed by atoms with E-state index in [4.69, 9.17) is 4.42 Å². The lowest BCUT2D eigenvalue weighted by atomic mass is 9.32. The zero-order valence-electron chi connectivity index (χ0n) is 32.2. The Hall–Kier alpha value is -3.78. The Balaban J connectivity index is 0.000000186. The molecule has 1 heterocycles. The number of hydrogen-bond acceptors (Lipinski definition) is 7. The maximum atomic E-state index is 12.8. The zero-order chi connectivity index (χ0) is 38.5. The van der Waals surface area contributed by atoms with Crippen LogP contribution in [0.25, 0.3) is 22.1 Å². The molecule has 8 heteroatoms. The quantitative estimate of drug-likeness (QED) is 0.168. The van der Waals surface area contributed by atoms with Gasteiger partial charge < -0.3 is 29.9 Å². The van der Waals surface area contributed by atoms with Crippen molar-refractivity contribution in [1.82, 2.24) is 0 Å². The first kappa shape index (κ1) is 37.5. The molecule has 0 unspecified atom stereocenters. The molecule has 10 atom stereocenters. The molecule has 53 heavy (non-hydrogen) atoms. The number of aromatic hydroxyl groups is 3. The minimum atomic E-state index is -0.538. The number of carbonyl (C=O) groups is 1. The maximum absolute atomic E-state index is 12.8. The molecule has 5 saturated carbocycles. The number of aliphatic hydroxyl groups excluding tert-OH is 1. The van der Waals surface area contributed by atoms with Crippen LogP contribution >= 0.6 is 0 Å². The lowest BCUT2D eigenvalue weighted by Crippen LogP contribution is -2.67. The Morgan fingerprint density at radius 2 is 1.51 bits per heavy atom. The van der Waals surface area contributed by atoms with Crippen LogP contribution in [0.3, 0.4) is 0 Å². The van der Waals surface area contributed by atoms with Gasteiger partial charge in [-0.25, -0.2) is 0 Å². The zero-order valence-corrected chi connectivity index (χ0v) is 32.2. The Kier molecular flexibility index (Phi) is 8.95. The largest absolute Gasteiger partial charge is 0.508 e. The number of rotatable bonds is 3. The van der Waals surface area contributed by atoms with Gasteiger partial charge in [-0.2, -0.15) is 0 Å². The predicted molar refractivity (Wildman–Crippen MR) is 206 cm³/mol. The fourth-order valence-corrected chi connectivity index (χ4v) is 13.6. The number of aliphatic carboxylic acids is 1. The molecule has 0 saturated heterocycles. The molecule has 8 rings (SSSR count). The molecule has 5 aliphatic rings. The van der Waals surface area contributed by atoms with E-state index in [1.54, 1.807) is 12.1 Å². The first-order chi connectivity index (χ1) is 24.8. The van der Waals surface area contributed by atoms with Gasteiger partial charge in [-0.05, 0) is 140 Å². The summed E-state index contributed by atoms with van der Waals surface area (Å²) >= 11 is 0. The van der Waals surface area contributed by atoms with E-state index in [1.807, 2.05) is 0 Å². The predicted octanol–water partition coefficient (Wildman–Crippen LogP) is 9.67. The van der Waals surface area contributed by atoms with Crippen LogP contribution in [0.2, 0.25) is 0 Å². The normalized spacial score (nSPS) is 38.3. The number of carboxylic acids is 1. The molecular weight excluding hydrogens is 668 g/mol. The summed E-state index contributed by atoms with van der Waals surface area (Å²) in [5.74, 6) is 1.36. The van der Waals surface area contributed by atoms with Gasteiger partial charge in [-0.3, -0.25) is 9.59 Å². The molecule has 0 amide bonds. The number of hydrogen-bond donors (Lipinski definition) is 5. The Bertz CT molecular complexity index is 2000. The Morgan fingerprint density at radius 3 is 2.17 bits per heavy atom. The van der Waals surface area contributed by atoms with Gasteiger partial charge in [0.2, 0.25) is 5.43 Å². The smallest absolute Gasteiger partial charge is 0.309 e. The molecule has 2 aromatic carbocycles. The van der Waals surface area contributed by atoms with Crippen LogP contribution in [-0.4, -0.2) is 37.6 Å². The fourth-order valence-electron chi connectivity index (χ4n) is 13.6. The average Bonchev–Trinajstić information content (AvgIpc) is 3.49. The first-order valence-electron chi connectivity index (χ1n) is 19.7. The minimum Gasteiger partial charge on any atom is -0.508 e. The molecule has 5 fully saturated rings. The van der Waals surface area contributed by atoms with E-state index in [9.17, 15) is 35.1 Å². The van der Waals surface area contributed by atoms with E-state index in [0.29, 0.717) is 29.2 Å². The molecule has 5 aliphatic carbocycles. The van der Waals surface area contributed by atoms with Gasteiger partial charge >= 0.3 is 5.97 Å². The lowest BCUT2D eigenvalue weighted by molar-refractivity contribution is -0.248. The minimum absolute atomic E-state index is 0.00775. The van der Waals surface area contributed by atoms with E-state index < -0.39 is 16.8 Å². The van der Waals surface area contributed by atoms with E-state index in [-0.39, 0.29) is 67.5 Å². The van der Waals surface area contributed by atoms with Gasteiger partial charge in [0.25, 0.3) is 0 Å². The lowest BCUT2D eigenvalue weighted by Gasteiger charge is -2.72. The molecule has 5 N–H and O–H groups in total. The number of carboxylic acid groups (broad SMARTS) is 1. The highest BCUT2D eigenvalue weighted by molar-refractivity contribution is 5.88. The second-order valence-corrected chi connectivity index (χ2v) is 18.9. The van der Waals surface area contributed by atoms with Crippen molar-refractivity contribution >= 4 is 16.9 Å². The molecule has 0 radical (unpaired) electrons. The van der Waals surface area contributed by atoms with Crippen LogP contribution in [-0.2, 0) is 4.79 Å². The van der Waals surface area contributed by atoms with E-state index >= 15 is 0 Å². The second kappa shape index (κ2) is 12.6. The molecule has 0 spiro atoms. The summed E-state index contributed by atoms with van der Waals surface area (Å²) in [6.45, 7) is 18.8. The van der Waals surface area contributed by atoms with Crippen molar-refractivity contribution in [2.24, 2.45) is 56.7 Å². The monoisotopic (exact) mass is 726 g/mol. The summed E-state index contributed by atoms with van der Waals surface area (Å²) < 4.78 is 5.29.